The second-order valence-corrected chi connectivity index (χ2v) is 9.40. The third-order valence-corrected chi connectivity index (χ3v) is 8.30. The van der Waals surface area contributed by atoms with Crippen molar-refractivity contribution in [3.63, 3.8) is 0 Å². The molecule has 2 heterocycles. The van der Waals surface area contributed by atoms with Gasteiger partial charge < -0.3 is 19.9 Å². The van der Waals surface area contributed by atoms with E-state index in [1.807, 2.05) is 0 Å². The minimum absolute atomic E-state index is 0.0333. The lowest BCUT2D eigenvalue weighted by Crippen LogP contribution is -2.68. The number of piperidine rings is 1. The van der Waals surface area contributed by atoms with Crippen LogP contribution in [0.5, 0.6) is 17.2 Å². The van der Waals surface area contributed by atoms with E-state index in [4.69, 9.17) is 9.47 Å². The maximum absolute atomic E-state index is 10.9. The molecule has 2 aliphatic heterocycles. The summed E-state index contributed by atoms with van der Waals surface area (Å²) >= 11 is 0. The van der Waals surface area contributed by atoms with E-state index >= 15 is 0 Å². The quantitative estimate of drug-likeness (QED) is 0.853. The van der Waals surface area contributed by atoms with Crippen molar-refractivity contribution in [1.82, 2.24) is 10.2 Å². The van der Waals surface area contributed by atoms with E-state index in [0.717, 1.165) is 36.6 Å². The lowest BCUT2D eigenvalue weighted by Gasteiger charge is -2.59. The third-order valence-electron chi connectivity index (χ3n) is 8.30. The first kappa shape index (κ1) is 16.5. The average molecular weight is 370 g/mol. The number of nitrogens with one attached hydrogen (secondary N) is 1. The number of ether oxygens (including phenoxy) is 2. The molecule has 3 aliphatic carbocycles. The van der Waals surface area contributed by atoms with Gasteiger partial charge in [0.2, 0.25) is 0 Å². The Hall–Kier alpha value is -1.46. The van der Waals surface area contributed by atoms with E-state index < -0.39 is 0 Å². The van der Waals surface area contributed by atoms with Gasteiger partial charge in [0.05, 0.1) is 7.11 Å². The van der Waals surface area contributed by atoms with Crippen molar-refractivity contribution in [3.05, 3.63) is 17.2 Å². The first-order valence-corrected chi connectivity index (χ1v) is 10.7. The number of rotatable bonds is 4. The number of hydrogen-bond acceptors (Lipinski definition) is 5. The summed E-state index contributed by atoms with van der Waals surface area (Å²) in [6, 6.07) is 2.68. The monoisotopic (exact) mass is 370 g/mol. The molecule has 146 valence electrons. The van der Waals surface area contributed by atoms with E-state index in [1.165, 1.54) is 37.8 Å². The van der Waals surface area contributed by atoms with Gasteiger partial charge in [-0.15, -0.1) is 0 Å². The highest BCUT2D eigenvalue weighted by atomic mass is 16.5. The fraction of sp³-hybridized carbons (Fsp3) is 0.727. The zero-order chi connectivity index (χ0) is 18.3. The maximum Gasteiger partial charge on any atom is 0.166 e. The summed E-state index contributed by atoms with van der Waals surface area (Å²) < 4.78 is 12.3. The normalized spacial score (nSPS) is 39.0. The number of likely N-dealkylation sites (N-methyl/N-ethyl adjacent to an activating group) is 1. The van der Waals surface area contributed by atoms with Gasteiger partial charge in [0.25, 0.3) is 0 Å². The van der Waals surface area contributed by atoms with Crippen LogP contribution in [-0.2, 0) is 11.8 Å². The van der Waals surface area contributed by atoms with Crippen molar-refractivity contribution in [3.8, 4) is 17.2 Å². The summed E-state index contributed by atoms with van der Waals surface area (Å²) in [6.45, 7) is 2.40. The Bertz CT molecular complexity index is 792. The minimum Gasteiger partial charge on any atom is -0.508 e. The van der Waals surface area contributed by atoms with Crippen molar-refractivity contribution in [2.75, 3.05) is 27.2 Å². The lowest BCUT2D eigenvalue weighted by molar-refractivity contribution is -0.0652. The molecule has 2 N–H and O–H groups in total. The lowest BCUT2D eigenvalue weighted by atomic mass is 9.51. The highest BCUT2D eigenvalue weighted by Crippen LogP contribution is 2.65. The first-order valence-electron chi connectivity index (χ1n) is 10.7. The maximum atomic E-state index is 10.9. The fourth-order valence-corrected chi connectivity index (χ4v) is 6.98. The Kier molecular flexibility index (Phi) is 3.38. The number of phenols is 1. The molecule has 2 bridgehead atoms. The summed E-state index contributed by atoms with van der Waals surface area (Å²) in [6.07, 6.45) is 7.45. The number of methoxy groups -OCH3 is 1. The van der Waals surface area contributed by atoms with Crippen LogP contribution in [0.4, 0.5) is 0 Å². The number of phenolic OH excluding ortho intramolecular Hbond substituents is 1. The molecule has 0 aromatic heterocycles. The molecule has 3 fully saturated rings. The van der Waals surface area contributed by atoms with Crippen molar-refractivity contribution < 1.29 is 14.6 Å². The highest BCUT2D eigenvalue weighted by Gasteiger charge is 2.66. The van der Waals surface area contributed by atoms with Gasteiger partial charge in [-0.3, -0.25) is 4.90 Å². The number of aromatic hydroxyl groups is 1. The van der Waals surface area contributed by atoms with Crippen LogP contribution in [0.15, 0.2) is 6.07 Å². The van der Waals surface area contributed by atoms with Crippen LogP contribution in [0.2, 0.25) is 0 Å². The van der Waals surface area contributed by atoms with Crippen LogP contribution >= 0.6 is 0 Å². The van der Waals surface area contributed by atoms with Crippen LogP contribution in [-0.4, -0.2) is 55.4 Å². The van der Waals surface area contributed by atoms with E-state index in [-0.39, 0.29) is 11.5 Å². The Morgan fingerprint density at radius 2 is 2.19 bits per heavy atom. The van der Waals surface area contributed by atoms with Crippen LogP contribution in [0, 0.1) is 11.8 Å². The molecular weight excluding hydrogens is 340 g/mol. The molecule has 1 saturated heterocycles. The molecule has 5 atom stereocenters. The Morgan fingerprint density at radius 3 is 2.93 bits per heavy atom. The Morgan fingerprint density at radius 1 is 1.33 bits per heavy atom. The molecule has 5 aliphatic rings. The molecule has 27 heavy (non-hydrogen) atoms. The fourth-order valence-electron chi connectivity index (χ4n) is 6.98. The molecule has 1 aromatic rings. The molecule has 1 spiro atoms. The zero-order valence-electron chi connectivity index (χ0n) is 16.3. The zero-order valence-corrected chi connectivity index (χ0v) is 16.3. The Labute approximate surface area is 161 Å². The van der Waals surface area contributed by atoms with Crippen LogP contribution in [0.25, 0.3) is 0 Å². The number of nitrogens with zero attached hydrogens (tertiary/aromatic N) is 1. The summed E-state index contributed by atoms with van der Waals surface area (Å²) in [5.41, 5.74) is 2.45. The molecular formula is C22H30N2O3. The van der Waals surface area contributed by atoms with Crippen LogP contribution < -0.4 is 14.8 Å². The molecule has 0 unspecified atom stereocenters. The average Bonchev–Trinajstić information content (AvgIpc) is 3.43. The number of benzene rings is 1. The Balaban J connectivity index is 1.54. The summed E-state index contributed by atoms with van der Waals surface area (Å²) in [5, 5.41) is 14.4. The van der Waals surface area contributed by atoms with Crippen molar-refractivity contribution in [2.24, 2.45) is 11.8 Å². The second-order valence-electron chi connectivity index (χ2n) is 9.40. The minimum atomic E-state index is 0.0333. The smallest absolute Gasteiger partial charge is 0.166 e. The van der Waals surface area contributed by atoms with Gasteiger partial charge >= 0.3 is 0 Å². The van der Waals surface area contributed by atoms with E-state index in [0.29, 0.717) is 29.5 Å². The molecule has 1 aromatic carbocycles. The third kappa shape index (κ3) is 2.02. The standard InChI is InChI=1S/C22H30N2O3/c1-23-15-6-5-14-16-9-13-17(25)10-18(26-2)20-19(13)22(14,21(15)27-20)7-8-24(16)11-12-3-4-12/h10,12,14-16,21,23,25H,3-9,11H2,1-2H3/t14-,15+,16+,21-,22-/m0/s1. The molecule has 5 heteroatoms. The summed E-state index contributed by atoms with van der Waals surface area (Å²) in [7, 11) is 3.74. The van der Waals surface area contributed by atoms with Gasteiger partial charge in [0.1, 0.15) is 11.9 Å². The molecule has 2 saturated carbocycles. The molecule has 0 amide bonds. The van der Waals surface area contributed by atoms with Crippen molar-refractivity contribution in [2.45, 2.75) is 62.1 Å². The second kappa shape index (κ2) is 5.54. The van der Waals surface area contributed by atoms with E-state index in [9.17, 15) is 5.11 Å². The topological polar surface area (TPSA) is 54.0 Å². The SMILES string of the molecule is CN[C@@H]1CC[C@H]2[C@H]3Cc4c(O)cc(OC)c5c4[C@@]2(CCN3CC2CC2)[C@H]1O5. The largest absolute Gasteiger partial charge is 0.508 e. The number of hydrogen-bond donors (Lipinski definition) is 2. The molecule has 5 nitrogen and oxygen atoms in total. The molecule has 0 radical (unpaired) electrons. The highest BCUT2D eigenvalue weighted by molar-refractivity contribution is 5.65. The van der Waals surface area contributed by atoms with Gasteiger partial charge in [0.15, 0.2) is 11.5 Å². The van der Waals surface area contributed by atoms with Gasteiger partial charge in [-0.25, -0.2) is 0 Å². The van der Waals surface area contributed by atoms with Crippen LogP contribution in [0.3, 0.4) is 0 Å². The summed E-state index contributed by atoms with van der Waals surface area (Å²) in [5.74, 6) is 3.54. The van der Waals surface area contributed by atoms with E-state index in [2.05, 4.69) is 17.3 Å². The van der Waals surface area contributed by atoms with Gasteiger partial charge in [-0.05, 0) is 64.0 Å². The predicted molar refractivity (Wildman–Crippen MR) is 103 cm³/mol. The van der Waals surface area contributed by atoms with Gasteiger partial charge in [-0.1, -0.05) is 0 Å². The summed E-state index contributed by atoms with van der Waals surface area (Å²) in [4.78, 5) is 2.76. The van der Waals surface area contributed by atoms with Crippen LogP contribution in [0.1, 0.15) is 43.2 Å². The van der Waals surface area contributed by atoms with Gasteiger partial charge in [-0.2, -0.15) is 0 Å². The van der Waals surface area contributed by atoms with Crippen molar-refractivity contribution in [1.29, 1.82) is 0 Å². The van der Waals surface area contributed by atoms with Crippen molar-refractivity contribution >= 4 is 0 Å². The van der Waals surface area contributed by atoms with E-state index in [1.54, 1.807) is 13.2 Å². The molecule has 6 rings (SSSR count). The number of likely N-dealkylation sites (tertiary alicyclic amines) is 1. The predicted octanol–water partition coefficient (Wildman–Crippen LogP) is 2.44. The first-order chi connectivity index (χ1) is 13.2. The van der Waals surface area contributed by atoms with Gasteiger partial charge in [0, 0.05) is 41.2 Å².